The van der Waals surface area contributed by atoms with Gasteiger partial charge < -0.3 is 9.84 Å². The average Bonchev–Trinajstić information content (AvgIpc) is 2.28. The van der Waals surface area contributed by atoms with Gasteiger partial charge in [-0.3, -0.25) is 0 Å². The van der Waals surface area contributed by atoms with Gasteiger partial charge in [0.2, 0.25) is 5.83 Å². The fraction of sp³-hybridized carbons (Fsp3) is 0.250. The summed E-state index contributed by atoms with van der Waals surface area (Å²) in [5.41, 5.74) is 0.529. The van der Waals surface area contributed by atoms with Crippen LogP contribution in [0, 0.1) is 0 Å². The van der Waals surface area contributed by atoms with Crippen LogP contribution in [0.3, 0.4) is 0 Å². The third kappa shape index (κ3) is 2.59. The molecule has 0 aliphatic carbocycles. The highest BCUT2D eigenvalue weighted by atomic mass is 19.1. The minimum atomic E-state index is -1.57. The predicted octanol–water partition coefficient (Wildman–Crippen LogP) is 2.87. The summed E-state index contributed by atoms with van der Waals surface area (Å²) in [5, 5.41) is 8.56. The lowest BCUT2D eigenvalue weighted by atomic mass is 10.1. The number of carboxylic acid groups (broad SMARTS) is 1. The van der Waals surface area contributed by atoms with Gasteiger partial charge in [0.1, 0.15) is 5.75 Å². The van der Waals surface area contributed by atoms with E-state index in [0.29, 0.717) is 17.9 Å². The minimum absolute atomic E-state index is 0.0663. The number of ether oxygens (including phenoxy) is 1. The van der Waals surface area contributed by atoms with E-state index in [1.54, 1.807) is 24.3 Å². The topological polar surface area (TPSA) is 46.5 Å². The van der Waals surface area contributed by atoms with Crippen LogP contribution in [0.5, 0.6) is 5.75 Å². The smallest absolute Gasteiger partial charge is 0.365 e. The van der Waals surface area contributed by atoms with Crippen molar-refractivity contribution in [3.8, 4) is 5.75 Å². The van der Waals surface area contributed by atoms with Gasteiger partial charge in [0.05, 0.1) is 6.61 Å². The zero-order chi connectivity index (χ0) is 12.1. The van der Waals surface area contributed by atoms with Crippen LogP contribution in [0.25, 0.3) is 5.57 Å². The Kier molecular flexibility index (Phi) is 4.05. The molecule has 86 valence electrons. The third-order valence-electron chi connectivity index (χ3n) is 2.11. The maximum atomic E-state index is 13.2. The lowest BCUT2D eigenvalue weighted by Crippen LogP contribution is -2.00. The molecule has 1 rings (SSSR count). The van der Waals surface area contributed by atoms with Crippen LogP contribution in [0.4, 0.5) is 4.39 Å². The first-order chi connectivity index (χ1) is 7.57. The number of carboxylic acids is 1. The Labute approximate surface area is 93.2 Å². The molecule has 1 aromatic carbocycles. The minimum Gasteiger partial charge on any atom is -0.493 e. The molecule has 1 aromatic rings. The second-order valence-electron chi connectivity index (χ2n) is 3.17. The third-order valence-corrected chi connectivity index (χ3v) is 2.11. The van der Waals surface area contributed by atoms with Gasteiger partial charge >= 0.3 is 5.97 Å². The van der Waals surface area contributed by atoms with Crippen molar-refractivity contribution in [3.63, 3.8) is 0 Å². The van der Waals surface area contributed by atoms with Gasteiger partial charge in [-0.25, -0.2) is 4.79 Å². The summed E-state index contributed by atoms with van der Waals surface area (Å²) in [5.74, 6) is -2.24. The van der Waals surface area contributed by atoms with Crippen molar-refractivity contribution in [1.29, 1.82) is 0 Å². The molecule has 0 saturated heterocycles. The Morgan fingerprint density at radius 1 is 1.44 bits per heavy atom. The molecule has 0 bridgehead atoms. The molecule has 0 aliphatic rings. The molecule has 0 amide bonds. The summed E-state index contributed by atoms with van der Waals surface area (Å²) in [4.78, 5) is 10.5. The molecule has 0 fully saturated rings. The fourth-order valence-electron chi connectivity index (χ4n) is 1.34. The molecule has 0 unspecified atom stereocenters. The van der Waals surface area contributed by atoms with Crippen LogP contribution in [-0.4, -0.2) is 17.7 Å². The van der Waals surface area contributed by atoms with Gasteiger partial charge in [-0.2, -0.15) is 4.39 Å². The molecule has 0 heterocycles. The summed E-state index contributed by atoms with van der Waals surface area (Å²) in [6, 6.07) is 6.76. The lowest BCUT2D eigenvalue weighted by molar-refractivity contribution is -0.134. The van der Waals surface area contributed by atoms with Gasteiger partial charge in [0.25, 0.3) is 0 Å². The second-order valence-corrected chi connectivity index (χ2v) is 3.17. The number of hydrogen-bond donors (Lipinski definition) is 1. The standard InChI is InChI=1S/C12H13FO3/c1-3-16-10-7-5-4-6-9(10)8(2)11(13)12(14)15/h4-7H,3H2,1-2H3,(H,14,15). The second kappa shape index (κ2) is 5.30. The molecule has 0 aromatic heterocycles. The van der Waals surface area contributed by atoms with E-state index in [1.165, 1.54) is 6.92 Å². The van der Waals surface area contributed by atoms with Gasteiger partial charge in [-0.15, -0.1) is 0 Å². The van der Waals surface area contributed by atoms with E-state index < -0.39 is 11.8 Å². The molecule has 0 aliphatic heterocycles. The molecule has 3 nitrogen and oxygen atoms in total. The summed E-state index contributed by atoms with van der Waals surface area (Å²) in [6.07, 6.45) is 0. The van der Waals surface area contributed by atoms with E-state index in [-0.39, 0.29) is 5.57 Å². The number of aliphatic carboxylic acids is 1. The zero-order valence-electron chi connectivity index (χ0n) is 9.16. The number of halogens is 1. The molecular formula is C12H13FO3. The van der Waals surface area contributed by atoms with Crippen LogP contribution in [-0.2, 0) is 4.79 Å². The van der Waals surface area contributed by atoms with Gasteiger partial charge in [0, 0.05) is 11.1 Å². The summed E-state index contributed by atoms with van der Waals surface area (Å²) in [7, 11) is 0. The Hall–Kier alpha value is -1.84. The monoisotopic (exact) mass is 224 g/mol. The first kappa shape index (κ1) is 12.2. The first-order valence-corrected chi connectivity index (χ1v) is 4.89. The zero-order valence-corrected chi connectivity index (χ0v) is 9.16. The average molecular weight is 224 g/mol. The first-order valence-electron chi connectivity index (χ1n) is 4.89. The maximum absolute atomic E-state index is 13.2. The van der Waals surface area contributed by atoms with E-state index in [4.69, 9.17) is 9.84 Å². The Morgan fingerprint density at radius 3 is 2.62 bits per heavy atom. The van der Waals surface area contributed by atoms with E-state index in [0.717, 1.165) is 0 Å². The van der Waals surface area contributed by atoms with Gasteiger partial charge in [0.15, 0.2) is 0 Å². The number of para-hydroxylation sites is 1. The van der Waals surface area contributed by atoms with Crippen molar-refractivity contribution in [2.45, 2.75) is 13.8 Å². The van der Waals surface area contributed by atoms with E-state index >= 15 is 0 Å². The Bertz CT molecular complexity index is 424. The van der Waals surface area contributed by atoms with Crippen molar-refractivity contribution in [1.82, 2.24) is 0 Å². The van der Waals surface area contributed by atoms with Gasteiger partial charge in [-0.05, 0) is 19.9 Å². The molecule has 16 heavy (non-hydrogen) atoms. The van der Waals surface area contributed by atoms with Crippen molar-refractivity contribution in [2.75, 3.05) is 6.61 Å². The molecular weight excluding hydrogens is 211 g/mol. The quantitative estimate of drug-likeness (QED) is 0.800. The highest BCUT2D eigenvalue weighted by molar-refractivity contribution is 5.94. The number of carbonyl (C=O) groups is 1. The molecule has 0 saturated carbocycles. The number of allylic oxidation sites excluding steroid dienone is 1. The normalized spacial score (nSPS) is 11.9. The largest absolute Gasteiger partial charge is 0.493 e. The number of benzene rings is 1. The van der Waals surface area contributed by atoms with Crippen LogP contribution in [0.2, 0.25) is 0 Å². The molecule has 0 radical (unpaired) electrons. The highest BCUT2D eigenvalue weighted by Crippen LogP contribution is 2.28. The Balaban J connectivity index is 3.22. The summed E-state index contributed by atoms with van der Waals surface area (Å²) in [6.45, 7) is 3.67. The van der Waals surface area contributed by atoms with Crippen LogP contribution < -0.4 is 4.74 Å². The number of hydrogen-bond acceptors (Lipinski definition) is 2. The maximum Gasteiger partial charge on any atom is 0.365 e. The summed E-state index contributed by atoms with van der Waals surface area (Å²) < 4.78 is 18.5. The Morgan fingerprint density at radius 2 is 2.06 bits per heavy atom. The van der Waals surface area contributed by atoms with Crippen molar-refractivity contribution in [2.24, 2.45) is 0 Å². The summed E-state index contributed by atoms with van der Waals surface area (Å²) >= 11 is 0. The lowest BCUT2D eigenvalue weighted by Gasteiger charge is -2.10. The fourth-order valence-corrected chi connectivity index (χ4v) is 1.34. The van der Waals surface area contributed by atoms with Crippen molar-refractivity contribution < 1.29 is 19.0 Å². The van der Waals surface area contributed by atoms with E-state index in [1.807, 2.05) is 6.92 Å². The van der Waals surface area contributed by atoms with Crippen molar-refractivity contribution >= 4 is 11.5 Å². The highest BCUT2D eigenvalue weighted by Gasteiger charge is 2.14. The molecule has 0 spiro atoms. The van der Waals surface area contributed by atoms with Crippen LogP contribution in [0.1, 0.15) is 19.4 Å². The van der Waals surface area contributed by atoms with Crippen molar-refractivity contribution in [3.05, 3.63) is 35.7 Å². The van der Waals surface area contributed by atoms with Crippen LogP contribution in [0.15, 0.2) is 30.1 Å². The molecule has 4 heteroatoms. The predicted molar refractivity (Wildman–Crippen MR) is 58.9 cm³/mol. The van der Waals surface area contributed by atoms with E-state index in [2.05, 4.69) is 0 Å². The molecule has 0 atom stereocenters. The van der Waals surface area contributed by atoms with Crippen LogP contribution >= 0.6 is 0 Å². The molecule has 1 N–H and O–H groups in total. The van der Waals surface area contributed by atoms with Gasteiger partial charge in [-0.1, -0.05) is 18.2 Å². The van der Waals surface area contributed by atoms with E-state index in [9.17, 15) is 9.18 Å². The number of rotatable bonds is 4. The SMILES string of the molecule is CCOc1ccccc1C(C)=C(F)C(=O)O.